The Morgan fingerprint density at radius 1 is 1.10 bits per heavy atom. The van der Waals surface area contributed by atoms with Crippen LogP contribution in [0.2, 0.25) is 0 Å². The van der Waals surface area contributed by atoms with Gasteiger partial charge in [-0.3, -0.25) is 14.5 Å². The van der Waals surface area contributed by atoms with Gasteiger partial charge >= 0.3 is 0 Å². The molecular weight excluding hydrogens is 388 g/mol. The van der Waals surface area contributed by atoms with E-state index in [4.69, 9.17) is 5.26 Å². The highest BCUT2D eigenvalue weighted by Crippen LogP contribution is 2.38. The fourth-order valence-electron chi connectivity index (χ4n) is 4.11. The second kappa shape index (κ2) is 9.32. The summed E-state index contributed by atoms with van der Waals surface area (Å²) in [5.74, 6) is 0.614. The van der Waals surface area contributed by atoms with Gasteiger partial charge in [0, 0.05) is 49.9 Å². The average molecular weight is 417 g/mol. The predicted molar refractivity (Wildman–Crippen MR) is 119 cm³/mol. The smallest absolute Gasteiger partial charge is 0.253 e. The summed E-state index contributed by atoms with van der Waals surface area (Å²) >= 11 is 0. The normalized spacial score (nSPS) is 21.1. The first kappa shape index (κ1) is 21.1. The van der Waals surface area contributed by atoms with Gasteiger partial charge in [0.2, 0.25) is 5.91 Å². The molecule has 1 aliphatic carbocycles. The molecule has 6 nitrogen and oxygen atoms in total. The van der Waals surface area contributed by atoms with E-state index in [9.17, 15) is 9.59 Å². The number of hydrogen-bond acceptors (Lipinski definition) is 4. The molecule has 2 aromatic rings. The minimum atomic E-state index is 0.0103. The lowest BCUT2D eigenvalue weighted by molar-refractivity contribution is -0.117. The summed E-state index contributed by atoms with van der Waals surface area (Å²) < 4.78 is 0. The minimum Gasteiger partial charge on any atom is -0.337 e. The van der Waals surface area contributed by atoms with Crippen LogP contribution in [-0.2, 0) is 11.3 Å². The van der Waals surface area contributed by atoms with Crippen LogP contribution in [0.4, 0.5) is 5.69 Å². The molecule has 31 heavy (non-hydrogen) atoms. The summed E-state index contributed by atoms with van der Waals surface area (Å²) in [6, 6.07) is 17.1. The molecule has 0 spiro atoms. The zero-order valence-electron chi connectivity index (χ0n) is 17.9. The van der Waals surface area contributed by atoms with Gasteiger partial charge in [-0.2, -0.15) is 5.26 Å². The van der Waals surface area contributed by atoms with Crippen molar-refractivity contribution in [3.8, 4) is 6.07 Å². The third kappa shape index (κ3) is 5.31. The number of carbonyl (C=O) groups is 2. The summed E-state index contributed by atoms with van der Waals surface area (Å²) in [6.07, 6.45) is 1.86. The van der Waals surface area contributed by atoms with Gasteiger partial charge in [0.1, 0.15) is 0 Å². The molecule has 2 fully saturated rings. The molecule has 0 radical (unpaired) electrons. The van der Waals surface area contributed by atoms with Crippen molar-refractivity contribution in [3.63, 3.8) is 0 Å². The number of nitriles is 1. The van der Waals surface area contributed by atoms with Crippen LogP contribution >= 0.6 is 0 Å². The molecule has 0 bridgehead atoms. The van der Waals surface area contributed by atoms with Crippen molar-refractivity contribution in [1.82, 2.24) is 9.80 Å². The average Bonchev–Trinajstić information content (AvgIpc) is 3.56. The van der Waals surface area contributed by atoms with Crippen molar-refractivity contribution in [2.45, 2.75) is 26.3 Å². The molecular formula is C25H28N4O2. The van der Waals surface area contributed by atoms with Crippen molar-refractivity contribution in [1.29, 1.82) is 5.26 Å². The zero-order valence-corrected chi connectivity index (χ0v) is 17.9. The first-order chi connectivity index (χ1) is 15.0. The Morgan fingerprint density at radius 2 is 1.87 bits per heavy atom. The quantitative estimate of drug-likeness (QED) is 0.809. The van der Waals surface area contributed by atoms with Crippen LogP contribution in [0, 0.1) is 23.2 Å². The van der Waals surface area contributed by atoms with Crippen LogP contribution in [0.3, 0.4) is 0 Å². The SMILES string of the molecule is CC1CC1C(=O)Nc1cccc(C(=O)N2CCCN(Cc3ccc(C#N)cc3)CC2)c1. The van der Waals surface area contributed by atoms with Gasteiger partial charge in [0.15, 0.2) is 0 Å². The van der Waals surface area contributed by atoms with E-state index in [1.54, 1.807) is 6.07 Å². The highest BCUT2D eigenvalue weighted by molar-refractivity contribution is 5.98. The van der Waals surface area contributed by atoms with E-state index in [0.29, 0.717) is 29.3 Å². The monoisotopic (exact) mass is 416 g/mol. The minimum absolute atomic E-state index is 0.0103. The van der Waals surface area contributed by atoms with Crippen LogP contribution in [0.1, 0.15) is 41.3 Å². The lowest BCUT2D eigenvalue weighted by Gasteiger charge is -2.22. The van der Waals surface area contributed by atoms with Gasteiger partial charge < -0.3 is 10.2 Å². The number of benzene rings is 2. The van der Waals surface area contributed by atoms with E-state index in [1.807, 2.05) is 47.4 Å². The number of amides is 2. The van der Waals surface area contributed by atoms with Gasteiger partial charge in [-0.1, -0.05) is 25.1 Å². The van der Waals surface area contributed by atoms with E-state index in [2.05, 4.69) is 23.2 Å². The summed E-state index contributed by atoms with van der Waals surface area (Å²) in [4.78, 5) is 29.6. The number of anilines is 1. The molecule has 1 N–H and O–H groups in total. The van der Waals surface area contributed by atoms with Gasteiger partial charge in [-0.25, -0.2) is 0 Å². The van der Waals surface area contributed by atoms with Crippen molar-refractivity contribution < 1.29 is 9.59 Å². The molecule has 160 valence electrons. The molecule has 2 atom stereocenters. The molecule has 6 heteroatoms. The molecule has 2 aromatic carbocycles. The fourth-order valence-corrected chi connectivity index (χ4v) is 4.11. The molecule has 2 unspecified atom stereocenters. The Kier molecular flexibility index (Phi) is 6.34. The van der Waals surface area contributed by atoms with Crippen molar-refractivity contribution in [3.05, 3.63) is 65.2 Å². The predicted octanol–water partition coefficient (Wildman–Crippen LogP) is 3.50. The maximum Gasteiger partial charge on any atom is 0.253 e. The second-order valence-corrected chi connectivity index (χ2v) is 8.62. The number of nitrogens with one attached hydrogen (secondary N) is 1. The Labute approximate surface area is 183 Å². The number of nitrogens with zero attached hydrogens (tertiary/aromatic N) is 3. The van der Waals surface area contributed by atoms with Crippen LogP contribution in [0.5, 0.6) is 0 Å². The summed E-state index contributed by atoms with van der Waals surface area (Å²) in [7, 11) is 0. The molecule has 2 aliphatic rings. The molecule has 2 amide bonds. The lowest BCUT2D eigenvalue weighted by atomic mass is 10.1. The summed E-state index contributed by atoms with van der Waals surface area (Å²) in [6.45, 7) is 6.02. The zero-order chi connectivity index (χ0) is 21.8. The maximum atomic E-state index is 13.1. The highest BCUT2D eigenvalue weighted by atomic mass is 16.2. The highest BCUT2D eigenvalue weighted by Gasteiger charge is 2.39. The summed E-state index contributed by atoms with van der Waals surface area (Å²) in [5, 5.41) is 11.9. The Morgan fingerprint density at radius 3 is 2.58 bits per heavy atom. The third-order valence-corrected chi connectivity index (χ3v) is 6.19. The first-order valence-electron chi connectivity index (χ1n) is 10.9. The van der Waals surface area contributed by atoms with Crippen LogP contribution < -0.4 is 5.32 Å². The van der Waals surface area contributed by atoms with E-state index in [-0.39, 0.29) is 17.7 Å². The lowest BCUT2D eigenvalue weighted by Crippen LogP contribution is -2.35. The van der Waals surface area contributed by atoms with Crippen LogP contribution in [0.25, 0.3) is 0 Å². The second-order valence-electron chi connectivity index (χ2n) is 8.62. The molecule has 0 aromatic heterocycles. The summed E-state index contributed by atoms with van der Waals surface area (Å²) in [5.41, 5.74) is 3.14. The molecule has 1 saturated heterocycles. The topological polar surface area (TPSA) is 76.4 Å². The fraction of sp³-hybridized carbons (Fsp3) is 0.400. The first-order valence-corrected chi connectivity index (χ1v) is 10.9. The Bertz CT molecular complexity index is 995. The third-order valence-electron chi connectivity index (χ3n) is 6.19. The standard InChI is InChI=1S/C25H28N4O2/c1-18-14-23(18)24(30)27-22-5-2-4-21(15-22)25(31)29-11-3-10-28(12-13-29)17-20-8-6-19(16-26)7-9-20/h2,4-9,15,18,23H,3,10-14,17H2,1H3,(H,27,30). The van der Waals surface area contributed by atoms with E-state index in [1.165, 1.54) is 5.56 Å². The molecule has 1 heterocycles. The van der Waals surface area contributed by atoms with E-state index in [0.717, 1.165) is 39.0 Å². The van der Waals surface area contributed by atoms with Gasteiger partial charge in [0.05, 0.1) is 11.6 Å². The van der Waals surface area contributed by atoms with Crippen molar-refractivity contribution in [2.75, 3.05) is 31.5 Å². The number of rotatable bonds is 5. The maximum absolute atomic E-state index is 13.1. The number of hydrogen-bond donors (Lipinski definition) is 1. The Balaban J connectivity index is 1.34. The van der Waals surface area contributed by atoms with E-state index < -0.39 is 0 Å². The van der Waals surface area contributed by atoms with Crippen LogP contribution in [0.15, 0.2) is 48.5 Å². The van der Waals surface area contributed by atoms with Gasteiger partial charge in [-0.15, -0.1) is 0 Å². The largest absolute Gasteiger partial charge is 0.337 e. The van der Waals surface area contributed by atoms with Gasteiger partial charge in [-0.05, 0) is 54.7 Å². The molecule has 4 rings (SSSR count). The van der Waals surface area contributed by atoms with Crippen molar-refractivity contribution >= 4 is 17.5 Å². The van der Waals surface area contributed by atoms with Crippen LogP contribution in [-0.4, -0.2) is 47.8 Å². The Hall–Kier alpha value is -3.17. The number of carbonyl (C=O) groups excluding carboxylic acids is 2. The van der Waals surface area contributed by atoms with Gasteiger partial charge in [0.25, 0.3) is 5.91 Å². The van der Waals surface area contributed by atoms with Crippen molar-refractivity contribution in [2.24, 2.45) is 11.8 Å². The molecule has 1 aliphatic heterocycles. The molecule has 1 saturated carbocycles. The van der Waals surface area contributed by atoms with E-state index >= 15 is 0 Å².